The zero-order chi connectivity index (χ0) is 9.30. The molecule has 0 bridgehead atoms. The predicted molar refractivity (Wildman–Crippen MR) is 46.1 cm³/mol. The monoisotopic (exact) mass is 172 g/mol. The highest BCUT2D eigenvalue weighted by molar-refractivity contribution is 5.74. The largest absolute Gasteiger partial charge is 0.480 e. The average Bonchev–Trinajstić information content (AvgIpc) is 1.96. The fourth-order valence-electron chi connectivity index (χ4n) is 1.51. The third-order valence-corrected chi connectivity index (χ3v) is 2.48. The normalized spacial score (nSPS) is 42.6. The lowest BCUT2D eigenvalue weighted by Crippen LogP contribution is -2.65. The number of carboxylic acids is 1. The van der Waals surface area contributed by atoms with Crippen molar-refractivity contribution in [3.8, 4) is 0 Å². The zero-order valence-electron chi connectivity index (χ0n) is 7.66. The summed E-state index contributed by atoms with van der Waals surface area (Å²) in [4.78, 5) is 10.7. The van der Waals surface area contributed by atoms with E-state index in [0.717, 1.165) is 0 Å². The van der Waals surface area contributed by atoms with Gasteiger partial charge in [0.25, 0.3) is 0 Å². The van der Waals surface area contributed by atoms with E-state index in [4.69, 9.17) is 5.11 Å². The average molecular weight is 172 g/mol. The fraction of sp³-hybridized carbons (Fsp3) is 0.875. The van der Waals surface area contributed by atoms with Gasteiger partial charge in [0.05, 0.1) is 0 Å². The summed E-state index contributed by atoms with van der Waals surface area (Å²) in [5.41, 5.74) is 0. The van der Waals surface area contributed by atoms with E-state index >= 15 is 0 Å². The van der Waals surface area contributed by atoms with Crippen LogP contribution in [0.15, 0.2) is 0 Å². The first kappa shape index (κ1) is 9.48. The van der Waals surface area contributed by atoms with Gasteiger partial charge in [0, 0.05) is 18.1 Å². The summed E-state index contributed by atoms with van der Waals surface area (Å²) < 4.78 is 0. The molecule has 12 heavy (non-hydrogen) atoms. The molecule has 70 valence electrons. The molecule has 0 aliphatic carbocycles. The first-order valence-electron chi connectivity index (χ1n) is 4.27. The molecule has 1 heterocycles. The number of carbonyl (C=O) groups is 1. The second kappa shape index (κ2) is 3.41. The Kier molecular flexibility index (Phi) is 2.69. The molecule has 4 atom stereocenters. The van der Waals surface area contributed by atoms with Crippen LogP contribution >= 0.6 is 0 Å². The Labute approximate surface area is 72.3 Å². The van der Waals surface area contributed by atoms with Crippen molar-refractivity contribution in [2.75, 3.05) is 0 Å². The van der Waals surface area contributed by atoms with Gasteiger partial charge in [0.15, 0.2) is 0 Å². The van der Waals surface area contributed by atoms with Crippen molar-refractivity contribution in [1.29, 1.82) is 0 Å². The molecular weight excluding hydrogens is 156 g/mol. The number of carboxylic acid groups (broad SMARTS) is 1. The van der Waals surface area contributed by atoms with Gasteiger partial charge in [-0.05, 0) is 20.8 Å². The molecule has 0 aromatic carbocycles. The molecule has 0 spiro atoms. The standard InChI is InChI=1S/C8H16N2O2/c1-4-5(2)10-7(8(11)12)6(3)9-4/h4-7,9-10H,1-3H3,(H,11,12)/t4-,5+,6-,7-/m0/s1. The Balaban J connectivity index is 2.61. The smallest absolute Gasteiger partial charge is 0.322 e. The second-order valence-corrected chi connectivity index (χ2v) is 3.52. The van der Waals surface area contributed by atoms with E-state index in [1.807, 2.05) is 20.8 Å². The predicted octanol–water partition coefficient (Wildman–Crippen LogP) is -0.202. The number of hydrogen-bond acceptors (Lipinski definition) is 3. The van der Waals surface area contributed by atoms with E-state index in [1.54, 1.807) is 0 Å². The van der Waals surface area contributed by atoms with Gasteiger partial charge in [-0.1, -0.05) is 0 Å². The minimum Gasteiger partial charge on any atom is -0.480 e. The van der Waals surface area contributed by atoms with Crippen LogP contribution in [0.4, 0.5) is 0 Å². The first-order chi connectivity index (χ1) is 5.52. The molecule has 0 radical (unpaired) electrons. The van der Waals surface area contributed by atoms with Crippen molar-refractivity contribution in [3.05, 3.63) is 0 Å². The van der Waals surface area contributed by atoms with Crippen LogP contribution in [0.1, 0.15) is 20.8 Å². The molecule has 3 N–H and O–H groups in total. The number of rotatable bonds is 1. The van der Waals surface area contributed by atoms with E-state index in [2.05, 4.69) is 10.6 Å². The second-order valence-electron chi connectivity index (χ2n) is 3.52. The molecule has 1 aliphatic rings. The highest BCUT2D eigenvalue weighted by atomic mass is 16.4. The Hall–Kier alpha value is -0.610. The van der Waals surface area contributed by atoms with Crippen LogP contribution in [-0.4, -0.2) is 35.2 Å². The number of piperazine rings is 1. The fourth-order valence-corrected chi connectivity index (χ4v) is 1.51. The van der Waals surface area contributed by atoms with E-state index in [-0.39, 0.29) is 12.1 Å². The van der Waals surface area contributed by atoms with Gasteiger partial charge in [-0.15, -0.1) is 0 Å². The van der Waals surface area contributed by atoms with Crippen molar-refractivity contribution in [2.24, 2.45) is 0 Å². The molecular formula is C8H16N2O2. The molecule has 0 amide bonds. The van der Waals surface area contributed by atoms with Crippen LogP contribution < -0.4 is 10.6 Å². The van der Waals surface area contributed by atoms with Gasteiger partial charge in [0.1, 0.15) is 6.04 Å². The zero-order valence-corrected chi connectivity index (χ0v) is 7.66. The van der Waals surface area contributed by atoms with Gasteiger partial charge in [0.2, 0.25) is 0 Å². The van der Waals surface area contributed by atoms with Crippen molar-refractivity contribution >= 4 is 5.97 Å². The lowest BCUT2D eigenvalue weighted by molar-refractivity contribution is -0.141. The maximum absolute atomic E-state index is 10.7. The molecule has 4 nitrogen and oxygen atoms in total. The van der Waals surface area contributed by atoms with Gasteiger partial charge in [-0.3, -0.25) is 10.1 Å². The minimum atomic E-state index is -0.784. The molecule has 0 saturated carbocycles. The summed E-state index contributed by atoms with van der Waals surface area (Å²) in [6, 6.07) is 0.0720. The van der Waals surface area contributed by atoms with Crippen molar-refractivity contribution in [3.63, 3.8) is 0 Å². The van der Waals surface area contributed by atoms with Crippen LogP contribution in [0.25, 0.3) is 0 Å². The SMILES string of the molecule is C[C@@H]1N[C@@H](C)[C@@H](C)N[C@@H]1C(=O)O. The summed E-state index contributed by atoms with van der Waals surface area (Å²) in [7, 11) is 0. The number of hydrogen-bond donors (Lipinski definition) is 3. The van der Waals surface area contributed by atoms with E-state index in [1.165, 1.54) is 0 Å². The summed E-state index contributed by atoms with van der Waals surface area (Å²) in [5.74, 6) is -0.784. The van der Waals surface area contributed by atoms with Crippen LogP contribution in [0, 0.1) is 0 Å². The van der Waals surface area contributed by atoms with E-state index in [9.17, 15) is 4.79 Å². The molecule has 1 rings (SSSR count). The molecule has 0 aromatic heterocycles. The van der Waals surface area contributed by atoms with Crippen LogP contribution in [-0.2, 0) is 4.79 Å². The lowest BCUT2D eigenvalue weighted by Gasteiger charge is -2.37. The molecule has 1 aliphatic heterocycles. The summed E-state index contributed by atoms with van der Waals surface area (Å²) in [6.07, 6.45) is 0. The quantitative estimate of drug-likeness (QED) is 0.512. The van der Waals surface area contributed by atoms with Crippen molar-refractivity contribution < 1.29 is 9.90 Å². The number of nitrogens with one attached hydrogen (secondary N) is 2. The molecule has 4 heteroatoms. The van der Waals surface area contributed by atoms with E-state index in [0.29, 0.717) is 6.04 Å². The van der Waals surface area contributed by atoms with Crippen LogP contribution in [0.2, 0.25) is 0 Å². The lowest BCUT2D eigenvalue weighted by atomic mass is 10.00. The third kappa shape index (κ3) is 1.76. The van der Waals surface area contributed by atoms with Crippen LogP contribution in [0.5, 0.6) is 0 Å². The van der Waals surface area contributed by atoms with Crippen molar-refractivity contribution in [2.45, 2.75) is 44.9 Å². The van der Waals surface area contributed by atoms with E-state index < -0.39 is 12.0 Å². The third-order valence-electron chi connectivity index (χ3n) is 2.48. The molecule has 0 unspecified atom stereocenters. The van der Waals surface area contributed by atoms with Gasteiger partial charge >= 0.3 is 5.97 Å². The maximum Gasteiger partial charge on any atom is 0.322 e. The topological polar surface area (TPSA) is 61.4 Å². The molecule has 1 saturated heterocycles. The van der Waals surface area contributed by atoms with Gasteiger partial charge in [-0.25, -0.2) is 0 Å². The first-order valence-corrected chi connectivity index (χ1v) is 4.27. The minimum absolute atomic E-state index is 0.00583. The Bertz CT molecular complexity index is 184. The van der Waals surface area contributed by atoms with Gasteiger partial charge in [-0.2, -0.15) is 0 Å². The molecule has 1 fully saturated rings. The Morgan fingerprint density at radius 3 is 2.08 bits per heavy atom. The Morgan fingerprint density at radius 2 is 1.58 bits per heavy atom. The number of aliphatic carboxylic acids is 1. The van der Waals surface area contributed by atoms with Crippen LogP contribution in [0.3, 0.4) is 0 Å². The van der Waals surface area contributed by atoms with Crippen molar-refractivity contribution in [1.82, 2.24) is 10.6 Å². The maximum atomic E-state index is 10.7. The summed E-state index contributed by atoms with van der Waals surface area (Å²) in [6.45, 7) is 5.92. The summed E-state index contributed by atoms with van der Waals surface area (Å²) >= 11 is 0. The Morgan fingerprint density at radius 1 is 1.08 bits per heavy atom. The van der Waals surface area contributed by atoms with Gasteiger partial charge < -0.3 is 10.4 Å². The highest BCUT2D eigenvalue weighted by Crippen LogP contribution is 2.07. The molecule has 0 aromatic rings. The highest BCUT2D eigenvalue weighted by Gasteiger charge is 2.33. The summed E-state index contributed by atoms with van der Waals surface area (Å²) in [5, 5.41) is 15.1.